The molecule has 0 saturated heterocycles. The van der Waals surface area contributed by atoms with Gasteiger partial charge in [0.15, 0.2) is 4.34 Å². The Morgan fingerprint density at radius 2 is 2.22 bits per heavy atom. The Hall–Kier alpha value is -1.16. The van der Waals surface area contributed by atoms with Crippen LogP contribution in [0.25, 0.3) is 0 Å². The van der Waals surface area contributed by atoms with Crippen molar-refractivity contribution in [1.29, 1.82) is 0 Å². The van der Waals surface area contributed by atoms with Crippen molar-refractivity contribution < 1.29 is 8.42 Å². The summed E-state index contributed by atoms with van der Waals surface area (Å²) in [4.78, 5) is 0.709. The summed E-state index contributed by atoms with van der Waals surface area (Å²) < 4.78 is 26.7. The lowest BCUT2D eigenvalue weighted by atomic mass is 10.3. The highest BCUT2D eigenvalue weighted by molar-refractivity contribution is 8.01. The third-order valence-corrected chi connectivity index (χ3v) is 5.50. The Labute approximate surface area is 113 Å². The van der Waals surface area contributed by atoms with Crippen LogP contribution in [0.2, 0.25) is 0 Å². The molecule has 0 atom stereocenters. The molecule has 0 fully saturated rings. The van der Waals surface area contributed by atoms with Crippen LogP contribution in [0.3, 0.4) is 0 Å². The van der Waals surface area contributed by atoms with Gasteiger partial charge in [-0.05, 0) is 25.2 Å². The largest absolute Gasteiger partial charge is 0.399 e. The van der Waals surface area contributed by atoms with Crippen molar-refractivity contribution in [3.63, 3.8) is 0 Å². The van der Waals surface area contributed by atoms with Gasteiger partial charge in [0.2, 0.25) is 10.0 Å². The molecule has 2 aromatic rings. The molecule has 96 valence electrons. The van der Waals surface area contributed by atoms with Gasteiger partial charge in [0.25, 0.3) is 0 Å². The van der Waals surface area contributed by atoms with Crippen molar-refractivity contribution in [2.45, 2.75) is 14.1 Å². The first-order valence-electron chi connectivity index (χ1n) is 4.80. The standard InChI is InChI=1S/C9H10N4O2S3/c1-11-18(14,15)8-4-6(10)2-3-7(8)17-9-13-12-5-16-9/h2-5,11H,10H2,1H3. The Bertz CT molecular complexity index is 640. The normalized spacial score (nSPS) is 11.6. The number of sulfonamides is 1. The molecule has 6 nitrogen and oxygen atoms in total. The fourth-order valence-corrected chi connectivity index (χ4v) is 3.97. The SMILES string of the molecule is CNS(=O)(=O)c1cc(N)ccc1Sc1nncs1. The highest BCUT2D eigenvalue weighted by Crippen LogP contribution is 2.34. The summed E-state index contributed by atoms with van der Waals surface area (Å²) >= 11 is 2.59. The zero-order valence-electron chi connectivity index (χ0n) is 9.32. The first-order valence-corrected chi connectivity index (χ1v) is 7.98. The molecule has 1 aromatic heterocycles. The maximum absolute atomic E-state index is 11.9. The van der Waals surface area contributed by atoms with E-state index in [0.29, 0.717) is 14.9 Å². The molecule has 0 amide bonds. The first kappa shape index (κ1) is 13.3. The van der Waals surface area contributed by atoms with Crippen LogP contribution in [-0.2, 0) is 10.0 Å². The molecule has 0 aliphatic heterocycles. The molecule has 0 saturated carbocycles. The highest BCUT2D eigenvalue weighted by atomic mass is 32.2. The molecule has 0 unspecified atom stereocenters. The number of nitrogens with zero attached hydrogens (tertiary/aromatic N) is 2. The minimum absolute atomic E-state index is 0.144. The van der Waals surface area contributed by atoms with Crippen LogP contribution in [0.1, 0.15) is 0 Å². The molecular weight excluding hydrogens is 292 g/mol. The van der Waals surface area contributed by atoms with E-state index in [4.69, 9.17) is 5.73 Å². The van der Waals surface area contributed by atoms with Crippen molar-refractivity contribution in [3.8, 4) is 0 Å². The third-order valence-electron chi connectivity index (χ3n) is 2.06. The van der Waals surface area contributed by atoms with Crippen molar-refractivity contribution in [2.75, 3.05) is 12.8 Å². The highest BCUT2D eigenvalue weighted by Gasteiger charge is 2.18. The lowest BCUT2D eigenvalue weighted by Gasteiger charge is -2.08. The summed E-state index contributed by atoms with van der Waals surface area (Å²) in [6, 6.07) is 4.73. The molecule has 0 radical (unpaired) electrons. The zero-order valence-corrected chi connectivity index (χ0v) is 11.8. The van der Waals surface area contributed by atoms with Gasteiger partial charge < -0.3 is 5.73 Å². The molecule has 0 aliphatic rings. The molecule has 0 aliphatic carbocycles. The topological polar surface area (TPSA) is 98.0 Å². The van der Waals surface area contributed by atoms with Gasteiger partial charge in [-0.2, -0.15) is 0 Å². The number of aromatic nitrogens is 2. The van der Waals surface area contributed by atoms with Crippen LogP contribution < -0.4 is 10.5 Å². The van der Waals surface area contributed by atoms with E-state index in [1.165, 1.54) is 36.2 Å². The lowest BCUT2D eigenvalue weighted by Crippen LogP contribution is -2.19. The molecular formula is C9H10N4O2S3. The predicted octanol–water partition coefficient (Wildman–Crippen LogP) is 1.18. The van der Waals surface area contributed by atoms with E-state index in [2.05, 4.69) is 14.9 Å². The minimum atomic E-state index is -3.55. The van der Waals surface area contributed by atoms with Crippen LogP contribution in [0, 0.1) is 0 Å². The number of benzene rings is 1. The second kappa shape index (κ2) is 5.22. The fraction of sp³-hybridized carbons (Fsp3) is 0.111. The fourth-order valence-electron chi connectivity index (χ4n) is 1.23. The van der Waals surface area contributed by atoms with Crippen molar-refractivity contribution in [3.05, 3.63) is 23.7 Å². The quantitative estimate of drug-likeness (QED) is 0.823. The zero-order chi connectivity index (χ0) is 13.2. The smallest absolute Gasteiger partial charge is 0.241 e. The average Bonchev–Trinajstić information content (AvgIpc) is 2.84. The van der Waals surface area contributed by atoms with E-state index in [9.17, 15) is 8.42 Å². The van der Waals surface area contributed by atoms with Crippen LogP contribution in [0.15, 0.2) is 37.8 Å². The second-order valence-corrected chi connectivity index (χ2v) is 7.20. The van der Waals surface area contributed by atoms with E-state index >= 15 is 0 Å². The molecule has 1 heterocycles. The van der Waals surface area contributed by atoms with Crippen LogP contribution in [0.5, 0.6) is 0 Å². The van der Waals surface area contributed by atoms with Crippen molar-refractivity contribution in [2.24, 2.45) is 0 Å². The third kappa shape index (κ3) is 2.80. The monoisotopic (exact) mass is 302 g/mol. The van der Waals surface area contributed by atoms with Gasteiger partial charge in [0, 0.05) is 10.6 Å². The van der Waals surface area contributed by atoms with Crippen LogP contribution in [0.4, 0.5) is 5.69 Å². The van der Waals surface area contributed by atoms with Gasteiger partial charge >= 0.3 is 0 Å². The number of nitrogens with two attached hydrogens (primary N) is 1. The van der Waals surface area contributed by atoms with E-state index in [1.54, 1.807) is 17.6 Å². The molecule has 0 bridgehead atoms. The summed E-state index contributed by atoms with van der Waals surface area (Å²) in [7, 11) is -2.19. The lowest BCUT2D eigenvalue weighted by molar-refractivity contribution is 0.586. The molecule has 9 heteroatoms. The van der Waals surface area contributed by atoms with Crippen LogP contribution in [-0.4, -0.2) is 25.7 Å². The Morgan fingerprint density at radius 1 is 1.44 bits per heavy atom. The minimum Gasteiger partial charge on any atom is -0.399 e. The summed E-state index contributed by atoms with van der Waals surface area (Å²) in [6.45, 7) is 0. The maximum Gasteiger partial charge on any atom is 0.241 e. The molecule has 2 rings (SSSR count). The second-order valence-electron chi connectivity index (χ2n) is 3.22. The number of rotatable bonds is 4. The number of anilines is 1. The van der Waals surface area contributed by atoms with Gasteiger partial charge in [-0.1, -0.05) is 23.1 Å². The number of hydrogen-bond acceptors (Lipinski definition) is 7. The van der Waals surface area contributed by atoms with E-state index in [1.807, 2.05) is 0 Å². The Balaban J connectivity index is 2.47. The summed E-state index contributed by atoms with van der Waals surface area (Å²) in [5.41, 5.74) is 7.61. The van der Waals surface area contributed by atoms with E-state index < -0.39 is 10.0 Å². The van der Waals surface area contributed by atoms with E-state index in [0.717, 1.165) is 0 Å². The van der Waals surface area contributed by atoms with Gasteiger partial charge in [-0.25, -0.2) is 13.1 Å². The molecule has 3 N–H and O–H groups in total. The number of hydrogen-bond donors (Lipinski definition) is 2. The van der Waals surface area contributed by atoms with Crippen molar-refractivity contribution >= 4 is 38.8 Å². The summed E-state index contributed by atoms with van der Waals surface area (Å²) in [6.07, 6.45) is 0. The van der Waals surface area contributed by atoms with Gasteiger partial charge in [-0.3, -0.25) is 0 Å². The number of nitrogen functional groups attached to an aromatic ring is 1. The Morgan fingerprint density at radius 3 is 2.83 bits per heavy atom. The predicted molar refractivity (Wildman–Crippen MR) is 71.1 cm³/mol. The molecule has 1 aromatic carbocycles. The summed E-state index contributed by atoms with van der Waals surface area (Å²) in [5, 5.41) is 7.57. The van der Waals surface area contributed by atoms with Gasteiger partial charge in [-0.15, -0.1) is 10.2 Å². The number of nitrogens with one attached hydrogen (secondary N) is 1. The van der Waals surface area contributed by atoms with Crippen molar-refractivity contribution in [1.82, 2.24) is 14.9 Å². The van der Waals surface area contributed by atoms with Crippen LogP contribution >= 0.6 is 23.1 Å². The average molecular weight is 302 g/mol. The van der Waals surface area contributed by atoms with Gasteiger partial charge in [0.1, 0.15) is 5.51 Å². The summed E-state index contributed by atoms with van der Waals surface area (Å²) in [5.74, 6) is 0. The maximum atomic E-state index is 11.9. The first-order chi connectivity index (χ1) is 8.53. The van der Waals surface area contributed by atoms with Gasteiger partial charge in [0.05, 0.1) is 4.90 Å². The Kier molecular flexibility index (Phi) is 3.85. The molecule has 18 heavy (non-hydrogen) atoms. The van der Waals surface area contributed by atoms with E-state index in [-0.39, 0.29) is 4.90 Å². The molecule has 0 spiro atoms.